The van der Waals surface area contributed by atoms with Crippen molar-refractivity contribution in [1.29, 1.82) is 0 Å². The summed E-state index contributed by atoms with van der Waals surface area (Å²) in [6.45, 7) is 8.59. The predicted molar refractivity (Wildman–Crippen MR) is 215 cm³/mol. The van der Waals surface area contributed by atoms with Gasteiger partial charge in [0, 0.05) is 54.4 Å². The van der Waals surface area contributed by atoms with E-state index in [0.29, 0.717) is 66.9 Å². The molecule has 0 aliphatic carbocycles. The number of amides is 1. The van der Waals surface area contributed by atoms with Crippen LogP contribution in [0.15, 0.2) is 70.0 Å². The highest BCUT2D eigenvalue weighted by Crippen LogP contribution is 2.32. The van der Waals surface area contributed by atoms with Crippen molar-refractivity contribution in [2.24, 2.45) is 22.2 Å². The maximum atomic E-state index is 15.3. The summed E-state index contributed by atoms with van der Waals surface area (Å²) >= 11 is 7.79. The lowest BCUT2D eigenvalue weighted by Crippen LogP contribution is -2.40. The summed E-state index contributed by atoms with van der Waals surface area (Å²) in [5, 5.41) is 6.61. The Labute approximate surface area is 322 Å². The van der Waals surface area contributed by atoms with Gasteiger partial charge in [-0.25, -0.2) is 19.0 Å². The van der Waals surface area contributed by atoms with Crippen molar-refractivity contribution >= 4 is 51.2 Å². The van der Waals surface area contributed by atoms with Gasteiger partial charge in [-0.3, -0.25) is 9.56 Å². The molecule has 2 atom stereocenters. The number of carbonyl (C=O) groups is 1. The van der Waals surface area contributed by atoms with Crippen LogP contribution in [0.3, 0.4) is 0 Å². The number of aliphatic imine (C=N–C) groups is 1. The Hall–Kier alpha value is -4.99. The van der Waals surface area contributed by atoms with Gasteiger partial charge in [0.2, 0.25) is 0 Å². The summed E-state index contributed by atoms with van der Waals surface area (Å²) in [5.41, 5.74) is 19.1. The van der Waals surface area contributed by atoms with Crippen molar-refractivity contribution in [2.45, 2.75) is 77.5 Å². The number of rotatable bonds is 16. The van der Waals surface area contributed by atoms with E-state index >= 15 is 4.39 Å². The minimum atomic E-state index is -0.724. The summed E-state index contributed by atoms with van der Waals surface area (Å²) in [7, 11) is 0. The number of carbonyl (C=O) groups excluding carboxylic acids is 1. The minimum absolute atomic E-state index is 0.0193. The molecule has 0 bridgehead atoms. The Balaban J connectivity index is 1.45. The first-order valence-electron chi connectivity index (χ1n) is 17.8. The lowest BCUT2D eigenvalue weighted by atomic mass is 10.0. The molecule has 1 amide bonds. The number of aryl methyl sites for hydroxylation is 1. The van der Waals surface area contributed by atoms with E-state index in [1.54, 1.807) is 47.6 Å². The van der Waals surface area contributed by atoms with Crippen LogP contribution in [0.4, 0.5) is 14.3 Å². The summed E-state index contributed by atoms with van der Waals surface area (Å²) in [6.07, 6.45) is 6.31. The molecule has 0 fully saturated rings. The van der Waals surface area contributed by atoms with Crippen molar-refractivity contribution in [3.05, 3.63) is 92.7 Å². The number of fused-ring (bicyclic) bond motifs is 1. The second kappa shape index (κ2) is 17.9. The van der Waals surface area contributed by atoms with Gasteiger partial charge < -0.3 is 37.1 Å². The molecule has 3 aromatic heterocycles. The number of ether oxygens (including phenoxy) is 1. The molecule has 288 valence electrons. The van der Waals surface area contributed by atoms with Crippen LogP contribution >= 0.6 is 22.9 Å². The van der Waals surface area contributed by atoms with E-state index < -0.39 is 29.2 Å². The molecule has 0 radical (unpaired) electrons. The first-order valence-corrected chi connectivity index (χ1v) is 19.1. The van der Waals surface area contributed by atoms with E-state index in [0.717, 1.165) is 29.1 Å². The van der Waals surface area contributed by atoms with Crippen LogP contribution in [0.5, 0.6) is 0 Å². The highest BCUT2D eigenvalue weighted by atomic mass is 35.5. The van der Waals surface area contributed by atoms with Crippen molar-refractivity contribution in [1.82, 2.24) is 24.4 Å². The predicted octanol–water partition coefficient (Wildman–Crippen LogP) is 6.74. The summed E-state index contributed by atoms with van der Waals surface area (Å²) in [5.74, 6) is -0.579. The summed E-state index contributed by atoms with van der Waals surface area (Å²) in [6, 6.07) is 12.2. The fourth-order valence-electron chi connectivity index (χ4n) is 6.07. The Morgan fingerprint density at radius 3 is 2.59 bits per heavy atom. The lowest BCUT2D eigenvalue weighted by Gasteiger charge is -2.34. The zero-order valence-corrected chi connectivity index (χ0v) is 32.5. The van der Waals surface area contributed by atoms with Crippen molar-refractivity contribution in [3.8, 4) is 16.9 Å². The number of guanidine groups is 1. The van der Waals surface area contributed by atoms with Gasteiger partial charge in [0.15, 0.2) is 16.9 Å². The van der Waals surface area contributed by atoms with E-state index in [1.165, 1.54) is 15.9 Å². The van der Waals surface area contributed by atoms with Crippen LogP contribution in [0, 0.1) is 5.82 Å². The standard InChI is InChI=1S/C38H48ClFN10O3S/c1-23(41)7-5-8-24-19-28(32(40)29(39)20-24)30-21-26-22-50(36(51)48-33(26)47-30)27-11-9-25(10-12-27)31(13-15-45-35-46-16-18-54-35)49(17-6-14-44-34(42)43)37(52)53-38(2,3)4/h9-12,16,18-23,31H,5-8,13-15,17,41H2,1-4H3,(H,45,46)(H4,42,43,44)(H,47,48,51)/t23-,31-/m0/s1. The lowest BCUT2D eigenvalue weighted by molar-refractivity contribution is 0.0150. The Morgan fingerprint density at radius 2 is 1.93 bits per heavy atom. The number of nitrogens with zero attached hydrogens (tertiary/aromatic N) is 5. The zero-order chi connectivity index (χ0) is 39.0. The maximum absolute atomic E-state index is 15.3. The smallest absolute Gasteiger partial charge is 0.410 e. The van der Waals surface area contributed by atoms with E-state index in [4.69, 9.17) is 33.5 Å². The van der Waals surface area contributed by atoms with Crippen LogP contribution < -0.4 is 28.2 Å². The molecule has 5 aromatic rings. The molecule has 0 saturated heterocycles. The molecule has 2 aromatic carbocycles. The van der Waals surface area contributed by atoms with Gasteiger partial charge >= 0.3 is 11.8 Å². The van der Waals surface area contributed by atoms with Gasteiger partial charge in [-0.05, 0) is 101 Å². The topological polar surface area (TPSA) is 196 Å². The maximum Gasteiger partial charge on any atom is 0.410 e. The quantitative estimate of drug-likeness (QED) is 0.0409. The van der Waals surface area contributed by atoms with Gasteiger partial charge in [0.25, 0.3) is 0 Å². The Morgan fingerprint density at radius 1 is 1.17 bits per heavy atom. The van der Waals surface area contributed by atoms with Crippen LogP contribution in [0.2, 0.25) is 5.02 Å². The molecule has 3 heterocycles. The molecular weight excluding hydrogens is 731 g/mol. The molecule has 54 heavy (non-hydrogen) atoms. The highest BCUT2D eigenvalue weighted by molar-refractivity contribution is 7.13. The second-order valence-electron chi connectivity index (χ2n) is 14.2. The van der Waals surface area contributed by atoms with Crippen molar-refractivity contribution in [3.63, 3.8) is 0 Å². The number of aromatic nitrogens is 4. The van der Waals surface area contributed by atoms with Crippen molar-refractivity contribution in [2.75, 3.05) is 25.0 Å². The van der Waals surface area contributed by atoms with E-state index in [1.807, 2.05) is 45.2 Å². The zero-order valence-electron chi connectivity index (χ0n) is 30.9. The number of nitrogens with one attached hydrogen (secondary N) is 2. The van der Waals surface area contributed by atoms with Gasteiger partial charge in [-0.2, -0.15) is 4.98 Å². The van der Waals surface area contributed by atoms with E-state index in [2.05, 4.69) is 25.3 Å². The van der Waals surface area contributed by atoms with Crippen LogP contribution in [0.1, 0.15) is 70.5 Å². The molecule has 0 saturated carbocycles. The van der Waals surface area contributed by atoms with Gasteiger partial charge in [0.05, 0.1) is 22.4 Å². The van der Waals surface area contributed by atoms with E-state index in [9.17, 15) is 9.59 Å². The number of anilines is 1. The van der Waals surface area contributed by atoms with Crippen LogP contribution in [-0.2, 0) is 11.2 Å². The number of hydrogen-bond donors (Lipinski definition) is 5. The number of nitrogens with two attached hydrogens (primary N) is 3. The third kappa shape index (κ3) is 10.8. The van der Waals surface area contributed by atoms with Gasteiger partial charge in [-0.15, -0.1) is 11.3 Å². The number of thiazole rings is 1. The molecule has 0 spiro atoms. The second-order valence-corrected chi connectivity index (χ2v) is 15.5. The monoisotopic (exact) mass is 778 g/mol. The third-order valence-corrected chi connectivity index (χ3v) is 9.56. The summed E-state index contributed by atoms with van der Waals surface area (Å²) < 4.78 is 22.6. The number of hydrogen-bond acceptors (Lipinski definition) is 9. The minimum Gasteiger partial charge on any atom is -0.444 e. The number of aromatic amines is 1. The fraction of sp³-hybridized carbons (Fsp3) is 0.395. The molecule has 16 heteroatoms. The first kappa shape index (κ1) is 40.2. The summed E-state index contributed by atoms with van der Waals surface area (Å²) in [4.78, 5) is 44.5. The number of halogens is 2. The van der Waals surface area contributed by atoms with Crippen LogP contribution in [0.25, 0.3) is 28.0 Å². The average molecular weight is 779 g/mol. The number of H-pyrrole nitrogens is 1. The first-order chi connectivity index (χ1) is 25.7. The molecule has 0 aliphatic heterocycles. The highest BCUT2D eigenvalue weighted by Gasteiger charge is 2.29. The normalized spacial score (nSPS) is 12.7. The van der Waals surface area contributed by atoms with Gasteiger partial charge in [-0.1, -0.05) is 23.7 Å². The molecule has 13 nitrogen and oxygen atoms in total. The Kier molecular flexibility index (Phi) is 13.3. The van der Waals surface area contributed by atoms with Gasteiger partial charge in [0.1, 0.15) is 11.2 Å². The average Bonchev–Trinajstić information content (AvgIpc) is 3.77. The SMILES string of the molecule is C[C@H](N)CCCc1cc(Cl)c(F)c(-c2cc3cn(-c4ccc([C@H](CCNc5nccs5)N(CCCN=C(N)N)C(=O)OC(C)(C)C)cc4)c(=O)nc3[nH]2)c1. The van der Waals surface area contributed by atoms with E-state index in [-0.39, 0.29) is 17.0 Å². The third-order valence-electron chi connectivity index (χ3n) is 8.55. The molecule has 0 unspecified atom stereocenters. The molecule has 8 N–H and O–H groups in total. The molecular formula is C38H48ClFN10O3S. The van der Waals surface area contributed by atoms with Crippen molar-refractivity contribution < 1.29 is 13.9 Å². The number of benzene rings is 2. The fourth-order valence-corrected chi connectivity index (χ4v) is 6.87. The Bertz CT molecular complexity index is 2110. The largest absolute Gasteiger partial charge is 0.444 e. The molecule has 5 rings (SSSR count). The van der Waals surface area contributed by atoms with Crippen LogP contribution in [-0.4, -0.2) is 67.7 Å². The molecule has 0 aliphatic rings.